The van der Waals surface area contributed by atoms with E-state index < -0.39 is 0 Å². The lowest BCUT2D eigenvalue weighted by Crippen LogP contribution is -2.41. The van der Waals surface area contributed by atoms with Crippen molar-refractivity contribution >= 4 is 17.6 Å². The second kappa shape index (κ2) is 8.65. The number of nitrogens with one attached hydrogen (secondary N) is 2. The molecule has 1 heterocycles. The Morgan fingerprint density at radius 1 is 1.29 bits per heavy atom. The monoisotopic (exact) mass is 349 g/mol. The molecule has 2 N–H and O–H groups in total. The molecule has 7 nitrogen and oxygen atoms in total. The standard InChI is InChI=1S/C16H24ClN7/c1-18-16(20-10-15-21-11-22-24(15)4)19-9-14(23(2)3)12-5-7-13(17)8-6-12/h5-8,11,14H,9-10H2,1-4H3,(H2,18,19,20). The zero-order valence-corrected chi connectivity index (χ0v) is 15.2. The summed E-state index contributed by atoms with van der Waals surface area (Å²) in [5, 5.41) is 11.4. The predicted molar refractivity (Wildman–Crippen MR) is 97.1 cm³/mol. The molecule has 130 valence electrons. The molecule has 0 amide bonds. The lowest BCUT2D eigenvalue weighted by atomic mass is 10.1. The molecule has 0 saturated carbocycles. The van der Waals surface area contributed by atoms with Crippen molar-refractivity contribution in [3.8, 4) is 0 Å². The molecule has 0 saturated heterocycles. The van der Waals surface area contributed by atoms with Crippen molar-refractivity contribution in [3.05, 3.63) is 47.0 Å². The average Bonchev–Trinajstić information content (AvgIpc) is 2.97. The van der Waals surface area contributed by atoms with Gasteiger partial charge in [0.2, 0.25) is 0 Å². The van der Waals surface area contributed by atoms with E-state index in [0.717, 1.165) is 16.8 Å². The topological polar surface area (TPSA) is 70.4 Å². The highest BCUT2D eigenvalue weighted by Crippen LogP contribution is 2.19. The zero-order valence-electron chi connectivity index (χ0n) is 14.5. The van der Waals surface area contributed by atoms with Crippen LogP contribution in [0.4, 0.5) is 0 Å². The number of hydrogen-bond donors (Lipinski definition) is 2. The van der Waals surface area contributed by atoms with Crippen molar-refractivity contribution in [2.45, 2.75) is 12.6 Å². The Morgan fingerprint density at radius 3 is 2.54 bits per heavy atom. The third-order valence-corrected chi connectivity index (χ3v) is 4.04. The van der Waals surface area contributed by atoms with Crippen molar-refractivity contribution in [2.24, 2.45) is 12.0 Å². The van der Waals surface area contributed by atoms with E-state index in [1.54, 1.807) is 11.7 Å². The van der Waals surface area contributed by atoms with Gasteiger partial charge in [-0.2, -0.15) is 5.10 Å². The Labute approximate surface area is 147 Å². The number of likely N-dealkylation sites (N-methyl/N-ethyl adjacent to an activating group) is 1. The second-order valence-electron chi connectivity index (χ2n) is 5.64. The summed E-state index contributed by atoms with van der Waals surface area (Å²) in [7, 11) is 7.72. The van der Waals surface area contributed by atoms with E-state index in [0.29, 0.717) is 13.1 Å². The molecule has 8 heteroatoms. The van der Waals surface area contributed by atoms with Crippen LogP contribution >= 0.6 is 11.6 Å². The summed E-state index contributed by atoms with van der Waals surface area (Å²) in [4.78, 5) is 10.6. The Morgan fingerprint density at radius 2 is 2.00 bits per heavy atom. The van der Waals surface area contributed by atoms with Gasteiger partial charge in [0.25, 0.3) is 0 Å². The average molecular weight is 350 g/mol. The van der Waals surface area contributed by atoms with Crippen LogP contribution in [-0.4, -0.2) is 53.3 Å². The largest absolute Gasteiger partial charge is 0.354 e. The Bertz CT molecular complexity index is 663. The summed E-state index contributed by atoms with van der Waals surface area (Å²) < 4.78 is 1.73. The molecule has 1 aromatic carbocycles. The molecule has 2 aromatic rings. The molecule has 2 rings (SSSR count). The van der Waals surface area contributed by atoms with Crippen molar-refractivity contribution in [1.82, 2.24) is 30.3 Å². The summed E-state index contributed by atoms with van der Waals surface area (Å²) in [6, 6.07) is 8.12. The molecular weight excluding hydrogens is 326 g/mol. The minimum atomic E-state index is 0.204. The van der Waals surface area contributed by atoms with Crippen LogP contribution in [0.25, 0.3) is 0 Å². The van der Waals surface area contributed by atoms with E-state index in [9.17, 15) is 0 Å². The number of hydrogen-bond acceptors (Lipinski definition) is 4. The van der Waals surface area contributed by atoms with Gasteiger partial charge < -0.3 is 15.5 Å². The highest BCUT2D eigenvalue weighted by Gasteiger charge is 2.14. The van der Waals surface area contributed by atoms with Gasteiger partial charge in [-0.15, -0.1) is 0 Å². The minimum Gasteiger partial charge on any atom is -0.354 e. The van der Waals surface area contributed by atoms with Crippen LogP contribution in [0.1, 0.15) is 17.4 Å². The van der Waals surface area contributed by atoms with Crippen LogP contribution in [0.2, 0.25) is 5.02 Å². The fourth-order valence-electron chi connectivity index (χ4n) is 2.34. The van der Waals surface area contributed by atoms with Crippen LogP contribution in [0, 0.1) is 0 Å². The maximum absolute atomic E-state index is 5.98. The van der Waals surface area contributed by atoms with Crippen LogP contribution in [0.3, 0.4) is 0 Å². The van der Waals surface area contributed by atoms with Crippen molar-refractivity contribution in [2.75, 3.05) is 27.7 Å². The first-order valence-electron chi connectivity index (χ1n) is 7.70. The Balaban J connectivity index is 1.94. The van der Waals surface area contributed by atoms with E-state index in [1.807, 2.05) is 31.3 Å². The second-order valence-corrected chi connectivity index (χ2v) is 6.07. The lowest BCUT2D eigenvalue weighted by molar-refractivity contribution is 0.298. The van der Waals surface area contributed by atoms with Crippen LogP contribution in [-0.2, 0) is 13.6 Å². The predicted octanol–water partition coefficient (Wildman–Crippen LogP) is 1.44. The fraction of sp³-hybridized carbons (Fsp3) is 0.438. The molecule has 0 aliphatic carbocycles. The Kier molecular flexibility index (Phi) is 6.57. The van der Waals surface area contributed by atoms with Crippen LogP contribution in [0.15, 0.2) is 35.6 Å². The maximum atomic E-state index is 5.98. The third-order valence-electron chi connectivity index (χ3n) is 3.78. The molecule has 1 unspecified atom stereocenters. The smallest absolute Gasteiger partial charge is 0.191 e. The fourth-order valence-corrected chi connectivity index (χ4v) is 2.47. The number of rotatable bonds is 6. The maximum Gasteiger partial charge on any atom is 0.191 e. The molecule has 0 aliphatic rings. The molecule has 0 bridgehead atoms. The molecule has 1 atom stereocenters. The van der Waals surface area contributed by atoms with Gasteiger partial charge in [0.15, 0.2) is 5.96 Å². The van der Waals surface area contributed by atoms with Gasteiger partial charge in [0.05, 0.1) is 12.6 Å². The normalized spacial score (nSPS) is 13.2. The molecule has 0 spiro atoms. The number of aliphatic imine (C=N–C) groups is 1. The Hall–Kier alpha value is -2.12. The highest BCUT2D eigenvalue weighted by atomic mass is 35.5. The van der Waals surface area contributed by atoms with Crippen molar-refractivity contribution in [3.63, 3.8) is 0 Å². The third kappa shape index (κ3) is 4.94. The van der Waals surface area contributed by atoms with Gasteiger partial charge in [-0.25, -0.2) is 4.98 Å². The zero-order chi connectivity index (χ0) is 17.5. The molecule has 0 fully saturated rings. The summed E-state index contributed by atoms with van der Waals surface area (Å²) in [6.07, 6.45) is 1.54. The first-order valence-corrected chi connectivity index (χ1v) is 8.08. The van der Waals surface area contributed by atoms with Crippen molar-refractivity contribution in [1.29, 1.82) is 0 Å². The molecule has 0 aliphatic heterocycles. The SMILES string of the molecule is CN=C(NCc1ncnn1C)NCC(c1ccc(Cl)cc1)N(C)C. The lowest BCUT2D eigenvalue weighted by Gasteiger charge is -2.26. The minimum absolute atomic E-state index is 0.204. The van der Waals surface area contributed by atoms with E-state index in [-0.39, 0.29) is 6.04 Å². The first-order chi connectivity index (χ1) is 11.5. The first kappa shape index (κ1) is 18.2. The summed E-state index contributed by atoms with van der Waals surface area (Å²) >= 11 is 5.98. The number of aromatic nitrogens is 3. The van der Waals surface area contributed by atoms with E-state index >= 15 is 0 Å². The number of halogens is 1. The number of aryl methyl sites for hydroxylation is 1. The van der Waals surface area contributed by atoms with Gasteiger partial charge in [-0.1, -0.05) is 23.7 Å². The molecule has 1 aromatic heterocycles. The van der Waals surface area contributed by atoms with Crippen LogP contribution < -0.4 is 10.6 Å². The van der Waals surface area contributed by atoms with Gasteiger partial charge in [-0.05, 0) is 31.8 Å². The van der Waals surface area contributed by atoms with Gasteiger partial charge in [0, 0.05) is 25.7 Å². The molecule has 24 heavy (non-hydrogen) atoms. The number of guanidine groups is 1. The van der Waals surface area contributed by atoms with Crippen molar-refractivity contribution < 1.29 is 0 Å². The van der Waals surface area contributed by atoms with Gasteiger partial charge >= 0.3 is 0 Å². The van der Waals surface area contributed by atoms with E-state index in [4.69, 9.17) is 11.6 Å². The highest BCUT2D eigenvalue weighted by molar-refractivity contribution is 6.30. The van der Waals surface area contributed by atoms with E-state index in [2.05, 4.69) is 44.7 Å². The number of nitrogens with zero attached hydrogens (tertiary/aromatic N) is 5. The summed E-state index contributed by atoms with van der Waals surface area (Å²) in [5.74, 6) is 1.57. The summed E-state index contributed by atoms with van der Waals surface area (Å²) in [6.45, 7) is 1.27. The van der Waals surface area contributed by atoms with Gasteiger partial charge in [0.1, 0.15) is 12.2 Å². The molecular formula is C16H24ClN7. The van der Waals surface area contributed by atoms with Crippen LogP contribution in [0.5, 0.6) is 0 Å². The quantitative estimate of drug-likeness (QED) is 0.610. The van der Waals surface area contributed by atoms with E-state index in [1.165, 1.54) is 11.9 Å². The molecule has 0 radical (unpaired) electrons. The van der Waals surface area contributed by atoms with Gasteiger partial charge in [-0.3, -0.25) is 9.67 Å². The summed E-state index contributed by atoms with van der Waals surface area (Å²) in [5.41, 5.74) is 1.20. The number of benzene rings is 1.